The molecule has 1 unspecified atom stereocenters. The lowest BCUT2D eigenvalue weighted by molar-refractivity contribution is -0.154. The normalized spacial score (nSPS) is 12.2. The quantitative estimate of drug-likeness (QED) is 0.191. The lowest BCUT2D eigenvalue weighted by Gasteiger charge is -2.16. The summed E-state index contributed by atoms with van der Waals surface area (Å²) < 4.78 is 47.4. The maximum atomic E-state index is 12.1. The van der Waals surface area contributed by atoms with Gasteiger partial charge in [0, 0.05) is 19.4 Å². The topological polar surface area (TPSA) is 114 Å². The summed E-state index contributed by atoms with van der Waals surface area (Å²) in [6.45, 7) is 0.949. The van der Waals surface area contributed by atoms with Gasteiger partial charge >= 0.3 is 11.9 Å². The van der Waals surface area contributed by atoms with Gasteiger partial charge in [-0.25, -0.2) is 4.79 Å². The zero-order valence-electron chi connectivity index (χ0n) is 19.0. The van der Waals surface area contributed by atoms with Gasteiger partial charge in [-0.05, 0) is 49.8 Å². The van der Waals surface area contributed by atoms with Gasteiger partial charge in [0.2, 0.25) is 0 Å². The van der Waals surface area contributed by atoms with Gasteiger partial charge in [-0.15, -0.1) is 0 Å². The van der Waals surface area contributed by atoms with Crippen molar-refractivity contribution in [2.45, 2.75) is 51.0 Å². The smallest absolute Gasteiger partial charge is 0.335 e. The molecule has 0 spiro atoms. The molecular formula is C22H34O9S. The number of benzene rings is 1. The Morgan fingerprint density at radius 2 is 1.66 bits per heavy atom. The van der Waals surface area contributed by atoms with Crippen molar-refractivity contribution in [1.82, 2.24) is 0 Å². The highest BCUT2D eigenvalue weighted by Crippen LogP contribution is 2.17. The number of unbranched alkanes of at least 4 members (excludes halogenated alkanes) is 3. The Bertz CT molecular complexity index is 792. The van der Waals surface area contributed by atoms with Crippen molar-refractivity contribution in [3.8, 4) is 5.75 Å². The Kier molecular flexibility index (Phi) is 13.6. The fourth-order valence-corrected chi connectivity index (χ4v) is 3.22. The van der Waals surface area contributed by atoms with Crippen LogP contribution in [0.15, 0.2) is 24.3 Å². The molecule has 1 aromatic carbocycles. The van der Waals surface area contributed by atoms with Crippen LogP contribution in [0, 0.1) is 0 Å². The van der Waals surface area contributed by atoms with E-state index in [0.29, 0.717) is 57.5 Å². The fraction of sp³-hybridized carbons (Fsp3) is 0.636. The number of carbonyl (C=O) groups is 2. The molecule has 0 amide bonds. The third-order valence-corrected chi connectivity index (χ3v) is 5.06. The Hall–Kier alpha value is -2.17. The summed E-state index contributed by atoms with van der Waals surface area (Å²) in [5.74, 6) is -0.0160. The van der Waals surface area contributed by atoms with Gasteiger partial charge in [-0.2, -0.15) is 8.42 Å². The molecule has 0 fully saturated rings. The third-order valence-electron chi connectivity index (χ3n) is 4.46. The molecule has 0 radical (unpaired) electrons. The van der Waals surface area contributed by atoms with Gasteiger partial charge in [-0.1, -0.05) is 12.1 Å². The summed E-state index contributed by atoms with van der Waals surface area (Å²) >= 11 is 0. The number of ether oxygens (including phenoxy) is 4. The van der Waals surface area contributed by atoms with Gasteiger partial charge in [0.15, 0.2) is 6.10 Å². The van der Waals surface area contributed by atoms with E-state index in [1.54, 1.807) is 0 Å². The van der Waals surface area contributed by atoms with E-state index in [4.69, 9.17) is 14.2 Å². The molecule has 1 rings (SSSR count). The molecule has 1 aromatic rings. The summed E-state index contributed by atoms with van der Waals surface area (Å²) in [7, 11) is -0.736. The highest BCUT2D eigenvalue weighted by molar-refractivity contribution is 7.85. The monoisotopic (exact) mass is 474 g/mol. The van der Waals surface area contributed by atoms with Crippen LogP contribution in [-0.2, 0) is 44.5 Å². The molecule has 0 heterocycles. The SMILES string of the molecule is COC(=O)CCCCOc1cccc(CC(OCCCCCOS(C)(=O)=O)C(=O)OC)c1. The number of methoxy groups -OCH3 is 2. The van der Waals surface area contributed by atoms with Crippen LogP contribution in [0.2, 0.25) is 0 Å². The molecule has 0 saturated carbocycles. The van der Waals surface area contributed by atoms with Crippen molar-refractivity contribution < 1.29 is 41.1 Å². The first kappa shape index (κ1) is 27.9. The molecular weight excluding hydrogens is 440 g/mol. The largest absolute Gasteiger partial charge is 0.494 e. The third kappa shape index (κ3) is 13.3. The van der Waals surface area contributed by atoms with Crippen LogP contribution in [0.4, 0.5) is 0 Å². The van der Waals surface area contributed by atoms with Crippen LogP contribution in [0.5, 0.6) is 5.75 Å². The highest BCUT2D eigenvalue weighted by Gasteiger charge is 2.20. The maximum Gasteiger partial charge on any atom is 0.335 e. The average molecular weight is 475 g/mol. The summed E-state index contributed by atoms with van der Waals surface area (Å²) in [5, 5.41) is 0. The van der Waals surface area contributed by atoms with E-state index >= 15 is 0 Å². The van der Waals surface area contributed by atoms with E-state index in [1.807, 2.05) is 24.3 Å². The first-order chi connectivity index (χ1) is 15.2. The van der Waals surface area contributed by atoms with E-state index < -0.39 is 22.2 Å². The number of carbonyl (C=O) groups excluding carboxylic acids is 2. The predicted molar refractivity (Wildman–Crippen MR) is 118 cm³/mol. The minimum Gasteiger partial charge on any atom is -0.494 e. The molecule has 10 heteroatoms. The summed E-state index contributed by atoms with van der Waals surface area (Å²) in [4.78, 5) is 23.2. The van der Waals surface area contributed by atoms with Crippen molar-refractivity contribution in [3.05, 3.63) is 29.8 Å². The van der Waals surface area contributed by atoms with Crippen molar-refractivity contribution in [1.29, 1.82) is 0 Å². The predicted octanol–water partition coefficient (Wildman–Crippen LogP) is 2.66. The van der Waals surface area contributed by atoms with E-state index in [1.165, 1.54) is 14.2 Å². The second-order valence-corrected chi connectivity index (χ2v) is 8.85. The van der Waals surface area contributed by atoms with Gasteiger partial charge in [0.1, 0.15) is 5.75 Å². The van der Waals surface area contributed by atoms with E-state index in [0.717, 1.165) is 18.2 Å². The molecule has 32 heavy (non-hydrogen) atoms. The highest BCUT2D eigenvalue weighted by atomic mass is 32.2. The first-order valence-corrected chi connectivity index (χ1v) is 12.4. The molecule has 0 bridgehead atoms. The van der Waals surface area contributed by atoms with Crippen molar-refractivity contribution in [3.63, 3.8) is 0 Å². The van der Waals surface area contributed by atoms with Gasteiger partial charge < -0.3 is 18.9 Å². The van der Waals surface area contributed by atoms with Crippen molar-refractivity contribution in [2.24, 2.45) is 0 Å². The Morgan fingerprint density at radius 1 is 0.938 bits per heavy atom. The standard InChI is InChI=1S/C22H34O9S/c1-27-21(23)12-5-8-13-29-19-11-9-10-18(16-19)17-20(22(24)28-2)30-14-6-4-7-15-31-32(3,25)26/h9-11,16,20H,4-8,12-15,17H2,1-3H3. The van der Waals surface area contributed by atoms with Crippen LogP contribution >= 0.6 is 0 Å². The van der Waals surface area contributed by atoms with Crippen LogP contribution in [0.1, 0.15) is 44.1 Å². The Balaban J connectivity index is 2.42. The molecule has 1 atom stereocenters. The summed E-state index contributed by atoms with van der Waals surface area (Å²) in [6.07, 6.45) is 4.33. The van der Waals surface area contributed by atoms with Crippen LogP contribution in [0.25, 0.3) is 0 Å². The Morgan fingerprint density at radius 3 is 2.34 bits per heavy atom. The lowest BCUT2D eigenvalue weighted by Crippen LogP contribution is -2.28. The minimum atomic E-state index is -3.42. The lowest BCUT2D eigenvalue weighted by atomic mass is 10.1. The van der Waals surface area contributed by atoms with Gasteiger partial charge in [0.05, 0.1) is 33.7 Å². The molecule has 0 aliphatic rings. The maximum absolute atomic E-state index is 12.1. The van der Waals surface area contributed by atoms with E-state index in [2.05, 4.69) is 8.92 Å². The van der Waals surface area contributed by atoms with Crippen molar-refractivity contribution in [2.75, 3.05) is 40.3 Å². The fourth-order valence-electron chi connectivity index (χ4n) is 2.80. The van der Waals surface area contributed by atoms with Crippen LogP contribution in [0.3, 0.4) is 0 Å². The molecule has 182 valence electrons. The zero-order valence-corrected chi connectivity index (χ0v) is 19.9. The minimum absolute atomic E-state index is 0.134. The van der Waals surface area contributed by atoms with Crippen molar-refractivity contribution >= 4 is 22.1 Å². The number of hydrogen-bond acceptors (Lipinski definition) is 9. The number of esters is 2. The summed E-state index contributed by atoms with van der Waals surface area (Å²) in [6, 6.07) is 7.40. The molecule has 0 aliphatic heterocycles. The number of rotatable bonds is 17. The molecule has 9 nitrogen and oxygen atoms in total. The Labute approximate surface area is 190 Å². The second kappa shape index (κ2) is 15.6. The average Bonchev–Trinajstić information content (AvgIpc) is 2.76. The van der Waals surface area contributed by atoms with E-state index in [9.17, 15) is 18.0 Å². The molecule has 0 saturated heterocycles. The molecule has 0 aliphatic carbocycles. The van der Waals surface area contributed by atoms with Crippen LogP contribution in [-0.4, -0.2) is 66.8 Å². The second-order valence-electron chi connectivity index (χ2n) is 7.20. The zero-order chi connectivity index (χ0) is 23.8. The van der Waals surface area contributed by atoms with Crippen LogP contribution < -0.4 is 4.74 Å². The van der Waals surface area contributed by atoms with Gasteiger partial charge in [-0.3, -0.25) is 8.98 Å². The first-order valence-electron chi connectivity index (χ1n) is 10.6. The molecule has 0 N–H and O–H groups in total. The van der Waals surface area contributed by atoms with Gasteiger partial charge in [0.25, 0.3) is 10.1 Å². The van der Waals surface area contributed by atoms with E-state index in [-0.39, 0.29) is 12.6 Å². The number of hydrogen-bond donors (Lipinski definition) is 0. The summed E-state index contributed by atoms with van der Waals surface area (Å²) in [5.41, 5.74) is 0.869. The molecule has 0 aromatic heterocycles.